The second kappa shape index (κ2) is 6.20. The molecule has 1 fully saturated rings. The maximum atomic E-state index is 14.4. The van der Waals surface area contributed by atoms with Gasteiger partial charge in [-0.3, -0.25) is 0 Å². The van der Waals surface area contributed by atoms with Gasteiger partial charge in [-0.15, -0.1) is 0 Å². The summed E-state index contributed by atoms with van der Waals surface area (Å²) in [7, 11) is -4.25. The van der Waals surface area contributed by atoms with E-state index in [0.29, 0.717) is 10.2 Å². The van der Waals surface area contributed by atoms with Gasteiger partial charge in [0.2, 0.25) is 9.84 Å². The SMILES string of the molecule is O=S(=O)(c1ccc(Br)cc1)c1c(F)cc(N2CCCC2)cc1F. The second-order valence-corrected chi connectivity index (χ2v) is 8.19. The Morgan fingerprint density at radius 1 is 0.957 bits per heavy atom. The van der Waals surface area contributed by atoms with Crippen LogP contribution in [0.3, 0.4) is 0 Å². The quantitative estimate of drug-likeness (QED) is 0.774. The molecule has 3 rings (SSSR count). The summed E-state index contributed by atoms with van der Waals surface area (Å²) in [4.78, 5) is 0.803. The van der Waals surface area contributed by atoms with E-state index in [9.17, 15) is 17.2 Å². The number of anilines is 1. The Kier molecular flexibility index (Phi) is 4.42. The van der Waals surface area contributed by atoms with Crippen LogP contribution in [-0.2, 0) is 9.84 Å². The summed E-state index contributed by atoms with van der Waals surface area (Å²) < 4.78 is 54.4. The average Bonchev–Trinajstić information content (AvgIpc) is 3.00. The molecule has 2 aromatic rings. The minimum atomic E-state index is -4.25. The highest BCUT2D eigenvalue weighted by atomic mass is 79.9. The van der Waals surface area contributed by atoms with E-state index in [-0.39, 0.29) is 4.90 Å². The normalized spacial score (nSPS) is 15.2. The van der Waals surface area contributed by atoms with Crippen LogP contribution >= 0.6 is 15.9 Å². The van der Waals surface area contributed by atoms with E-state index in [1.807, 2.05) is 4.90 Å². The molecule has 0 bridgehead atoms. The van der Waals surface area contributed by atoms with E-state index in [2.05, 4.69) is 15.9 Å². The van der Waals surface area contributed by atoms with Gasteiger partial charge in [0.25, 0.3) is 0 Å². The first kappa shape index (κ1) is 16.4. The third kappa shape index (κ3) is 3.12. The molecular weight excluding hydrogens is 388 g/mol. The van der Waals surface area contributed by atoms with Crippen LogP contribution in [0.1, 0.15) is 12.8 Å². The molecule has 0 unspecified atom stereocenters. The summed E-state index contributed by atoms with van der Waals surface area (Å²) in [5.41, 5.74) is 0.382. The lowest BCUT2D eigenvalue weighted by molar-refractivity contribution is 0.519. The zero-order chi connectivity index (χ0) is 16.6. The van der Waals surface area contributed by atoms with E-state index in [1.165, 1.54) is 24.3 Å². The maximum absolute atomic E-state index is 14.4. The van der Waals surface area contributed by atoms with Crippen LogP contribution < -0.4 is 4.90 Å². The summed E-state index contributed by atoms with van der Waals surface area (Å²) in [6.07, 6.45) is 1.92. The van der Waals surface area contributed by atoms with E-state index in [4.69, 9.17) is 0 Å². The Morgan fingerprint density at radius 3 is 2.00 bits per heavy atom. The van der Waals surface area contributed by atoms with Crippen molar-refractivity contribution in [3.8, 4) is 0 Å². The Balaban J connectivity index is 2.07. The van der Waals surface area contributed by atoms with Gasteiger partial charge in [0, 0.05) is 23.2 Å². The number of halogens is 3. The number of sulfone groups is 1. The van der Waals surface area contributed by atoms with Gasteiger partial charge in [-0.25, -0.2) is 17.2 Å². The number of benzene rings is 2. The molecule has 0 radical (unpaired) electrons. The van der Waals surface area contributed by atoms with Crippen LogP contribution in [0, 0.1) is 11.6 Å². The largest absolute Gasteiger partial charge is 0.371 e. The first-order valence-electron chi connectivity index (χ1n) is 7.14. The highest BCUT2D eigenvalue weighted by Crippen LogP contribution is 2.31. The molecule has 0 saturated carbocycles. The smallest absolute Gasteiger partial charge is 0.212 e. The molecule has 2 aromatic carbocycles. The fraction of sp³-hybridized carbons (Fsp3) is 0.250. The lowest BCUT2D eigenvalue weighted by Gasteiger charge is -2.18. The van der Waals surface area contributed by atoms with Gasteiger partial charge in [-0.05, 0) is 49.2 Å². The molecule has 1 aliphatic heterocycles. The number of hydrogen-bond acceptors (Lipinski definition) is 3. The number of nitrogens with zero attached hydrogens (tertiary/aromatic N) is 1. The summed E-state index contributed by atoms with van der Waals surface area (Å²) in [5, 5.41) is 0. The zero-order valence-corrected chi connectivity index (χ0v) is 14.5. The first-order chi connectivity index (χ1) is 10.9. The summed E-state index contributed by atoms with van der Waals surface area (Å²) >= 11 is 3.20. The van der Waals surface area contributed by atoms with Crippen molar-refractivity contribution >= 4 is 31.5 Å². The molecule has 0 aromatic heterocycles. The van der Waals surface area contributed by atoms with Crippen LogP contribution in [0.2, 0.25) is 0 Å². The first-order valence-corrected chi connectivity index (χ1v) is 9.42. The third-order valence-corrected chi connectivity index (χ3v) is 6.20. The van der Waals surface area contributed by atoms with Gasteiger partial charge in [0.15, 0.2) is 0 Å². The molecule has 0 N–H and O–H groups in total. The van der Waals surface area contributed by atoms with Crippen molar-refractivity contribution < 1.29 is 17.2 Å². The highest BCUT2D eigenvalue weighted by molar-refractivity contribution is 9.10. The molecule has 7 heteroatoms. The van der Waals surface area contributed by atoms with E-state index in [1.54, 1.807) is 0 Å². The summed E-state index contributed by atoms with van der Waals surface area (Å²) in [6, 6.07) is 7.85. The lowest BCUT2D eigenvalue weighted by atomic mass is 10.2. The van der Waals surface area contributed by atoms with Crippen LogP contribution in [0.25, 0.3) is 0 Å². The van der Waals surface area contributed by atoms with Gasteiger partial charge in [-0.2, -0.15) is 0 Å². The van der Waals surface area contributed by atoms with Crippen molar-refractivity contribution in [2.75, 3.05) is 18.0 Å². The molecule has 0 spiro atoms. The van der Waals surface area contributed by atoms with Crippen LogP contribution in [0.4, 0.5) is 14.5 Å². The predicted octanol–water partition coefficient (Wildman–Crippen LogP) is 4.16. The van der Waals surface area contributed by atoms with Crippen LogP contribution in [0.5, 0.6) is 0 Å². The molecule has 0 amide bonds. The van der Waals surface area contributed by atoms with Crippen molar-refractivity contribution in [2.24, 2.45) is 0 Å². The van der Waals surface area contributed by atoms with E-state index < -0.39 is 26.4 Å². The number of hydrogen-bond donors (Lipinski definition) is 0. The Bertz CT molecular complexity index is 809. The predicted molar refractivity (Wildman–Crippen MR) is 87.4 cm³/mol. The molecule has 1 heterocycles. The highest BCUT2D eigenvalue weighted by Gasteiger charge is 2.28. The molecule has 1 aliphatic rings. The van der Waals surface area contributed by atoms with Gasteiger partial charge < -0.3 is 4.90 Å². The second-order valence-electron chi connectivity index (χ2n) is 5.39. The minimum Gasteiger partial charge on any atom is -0.371 e. The topological polar surface area (TPSA) is 37.4 Å². The molecule has 23 heavy (non-hydrogen) atoms. The van der Waals surface area contributed by atoms with Crippen molar-refractivity contribution in [1.29, 1.82) is 0 Å². The fourth-order valence-electron chi connectivity index (χ4n) is 2.69. The minimum absolute atomic E-state index is 0.146. The Labute approximate surface area is 142 Å². The van der Waals surface area contributed by atoms with Crippen LogP contribution in [0.15, 0.2) is 50.7 Å². The average molecular weight is 402 g/mol. The maximum Gasteiger partial charge on any atom is 0.212 e. The van der Waals surface area contributed by atoms with Crippen molar-refractivity contribution in [3.05, 3.63) is 52.5 Å². The molecule has 0 aliphatic carbocycles. The van der Waals surface area contributed by atoms with Gasteiger partial charge in [0.05, 0.1) is 4.90 Å². The Morgan fingerprint density at radius 2 is 1.48 bits per heavy atom. The van der Waals surface area contributed by atoms with Gasteiger partial charge in [-0.1, -0.05) is 15.9 Å². The summed E-state index contributed by atoms with van der Waals surface area (Å²) in [5.74, 6) is -2.12. The molecule has 122 valence electrons. The van der Waals surface area contributed by atoms with Crippen molar-refractivity contribution in [1.82, 2.24) is 0 Å². The monoisotopic (exact) mass is 401 g/mol. The van der Waals surface area contributed by atoms with Gasteiger partial charge in [0.1, 0.15) is 16.5 Å². The van der Waals surface area contributed by atoms with Crippen molar-refractivity contribution in [2.45, 2.75) is 22.6 Å². The third-order valence-electron chi connectivity index (χ3n) is 3.85. The molecule has 3 nitrogen and oxygen atoms in total. The standard InChI is InChI=1S/C16H14BrF2NO2S/c17-11-3-5-13(6-4-11)23(21,22)16-14(18)9-12(10-15(16)19)20-7-1-2-8-20/h3-6,9-10H,1-2,7-8H2. The molecule has 1 saturated heterocycles. The zero-order valence-electron chi connectivity index (χ0n) is 12.1. The summed E-state index contributed by atoms with van der Waals surface area (Å²) in [6.45, 7) is 1.44. The fourth-order valence-corrected chi connectivity index (χ4v) is 4.32. The van der Waals surface area contributed by atoms with Crippen molar-refractivity contribution in [3.63, 3.8) is 0 Å². The lowest BCUT2D eigenvalue weighted by Crippen LogP contribution is -2.19. The Hall–Kier alpha value is -1.47. The molecular formula is C16H14BrF2NO2S. The van der Waals surface area contributed by atoms with Gasteiger partial charge >= 0.3 is 0 Å². The van der Waals surface area contributed by atoms with E-state index >= 15 is 0 Å². The van der Waals surface area contributed by atoms with Crippen LogP contribution in [-0.4, -0.2) is 21.5 Å². The number of rotatable bonds is 3. The van der Waals surface area contributed by atoms with E-state index in [0.717, 1.165) is 38.1 Å². The molecule has 0 atom stereocenters.